The van der Waals surface area contributed by atoms with Crippen LogP contribution in [0.4, 0.5) is 0 Å². The smallest absolute Gasteiger partial charge is 0.303 e. The molecule has 4 nitrogen and oxygen atoms in total. The van der Waals surface area contributed by atoms with Crippen molar-refractivity contribution in [3.8, 4) is 0 Å². The van der Waals surface area contributed by atoms with E-state index in [0.29, 0.717) is 5.02 Å². The van der Waals surface area contributed by atoms with Gasteiger partial charge in [0, 0.05) is 48.7 Å². The molecule has 0 saturated heterocycles. The number of hydrogen-bond donors (Lipinski definition) is 2. The predicted octanol–water partition coefficient (Wildman–Crippen LogP) is 8.57. The molecular formula is C35H36ClNO3PbS. The van der Waals surface area contributed by atoms with Gasteiger partial charge in [0.15, 0.2) is 0 Å². The van der Waals surface area contributed by atoms with Gasteiger partial charge in [0.05, 0.1) is 23.2 Å². The molecule has 3 aromatic carbocycles. The third kappa shape index (κ3) is 8.68. The summed E-state index contributed by atoms with van der Waals surface area (Å²) in [5.41, 5.74) is 5.15. The van der Waals surface area contributed by atoms with Gasteiger partial charge in [-0.05, 0) is 91.5 Å². The molecule has 0 spiro atoms. The van der Waals surface area contributed by atoms with Gasteiger partial charge in [-0.3, -0.25) is 4.79 Å². The Kier molecular flexibility index (Phi) is 10.9. The second-order valence-electron chi connectivity index (χ2n) is 11.7. The molecule has 0 amide bonds. The van der Waals surface area contributed by atoms with E-state index < -0.39 is 11.6 Å². The molecule has 0 aliphatic heterocycles. The summed E-state index contributed by atoms with van der Waals surface area (Å²) < 4.78 is 0. The summed E-state index contributed by atoms with van der Waals surface area (Å²) in [5.74, 6) is 0.122. The minimum atomic E-state index is -0.911. The number of halogens is 1. The summed E-state index contributed by atoms with van der Waals surface area (Å²) in [6.07, 6.45) is 8.02. The van der Waals surface area contributed by atoms with Gasteiger partial charge in [0.25, 0.3) is 0 Å². The van der Waals surface area contributed by atoms with Gasteiger partial charge in [-0.25, -0.2) is 4.98 Å². The summed E-state index contributed by atoms with van der Waals surface area (Å²) >= 11 is 8.04. The maximum absolute atomic E-state index is 11.5. The quantitative estimate of drug-likeness (QED) is 0.141. The molecular weight excluding hydrogens is 757 g/mol. The molecule has 7 heteroatoms. The monoisotopic (exact) mass is 793 g/mol. The van der Waals surface area contributed by atoms with Crippen LogP contribution in [-0.4, -0.2) is 54.2 Å². The second kappa shape index (κ2) is 14.1. The summed E-state index contributed by atoms with van der Waals surface area (Å²) in [7, 11) is 0. The van der Waals surface area contributed by atoms with Crippen LogP contribution in [-0.2, 0) is 16.8 Å². The fourth-order valence-electron chi connectivity index (χ4n) is 5.36. The molecule has 4 aromatic rings. The first-order chi connectivity index (χ1) is 19.6. The SMILES string of the molecule is CC(C)(O)c1ccccc1CC[C@@H](SCC1(CC(=O)O)CC1)c1cccc(/C=C/c2ccc3ccc(Cl)cc3n2)c1.[Pb]. The topological polar surface area (TPSA) is 70.4 Å². The Labute approximate surface area is 277 Å². The number of pyridine rings is 1. The maximum Gasteiger partial charge on any atom is 0.303 e. The molecule has 0 bridgehead atoms. The summed E-state index contributed by atoms with van der Waals surface area (Å²) in [6, 6.07) is 26.5. The zero-order valence-corrected chi connectivity index (χ0v) is 29.5. The number of benzene rings is 3. The van der Waals surface area contributed by atoms with Crippen molar-refractivity contribution >= 4 is 79.7 Å². The molecule has 5 rings (SSSR count). The van der Waals surface area contributed by atoms with Crippen molar-refractivity contribution in [2.45, 2.75) is 56.8 Å². The van der Waals surface area contributed by atoms with Crippen molar-refractivity contribution in [2.75, 3.05) is 5.75 Å². The number of rotatable bonds is 12. The van der Waals surface area contributed by atoms with Crippen LogP contribution in [0.5, 0.6) is 0 Å². The van der Waals surface area contributed by atoms with Gasteiger partial charge < -0.3 is 10.2 Å². The van der Waals surface area contributed by atoms with Crippen molar-refractivity contribution < 1.29 is 15.0 Å². The molecule has 1 fully saturated rings. The van der Waals surface area contributed by atoms with Crippen LogP contribution in [0.3, 0.4) is 0 Å². The molecule has 1 heterocycles. The number of carboxylic acid groups (broad SMARTS) is 1. The fraction of sp³-hybridized carbons (Fsp3) is 0.314. The Bertz CT molecular complexity index is 1580. The van der Waals surface area contributed by atoms with Gasteiger partial charge in [-0.1, -0.05) is 78.3 Å². The van der Waals surface area contributed by atoms with Crippen LogP contribution in [0.2, 0.25) is 5.02 Å². The van der Waals surface area contributed by atoms with Crippen molar-refractivity contribution in [1.29, 1.82) is 0 Å². The van der Waals surface area contributed by atoms with Crippen molar-refractivity contribution in [2.24, 2.45) is 5.41 Å². The Morgan fingerprint density at radius 1 is 1.05 bits per heavy atom. The van der Waals surface area contributed by atoms with Crippen LogP contribution < -0.4 is 0 Å². The van der Waals surface area contributed by atoms with E-state index in [1.807, 2.05) is 74.1 Å². The third-order valence-electron chi connectivity index (χ3n) is 7.83. The molecule has 2 N–H and O–H groups in total. The number of carboxylic acids is 1. The van der Waals surface area contributed by atoms with Crippen LogP contribution in [0.25, 0.3) is 23.1 Å². The molecule has 1 aromatic heterocycles. The summed E-state index contributed by atoms with van der Waals surface area (Å²) in [5, 5.41) is 22.1. The van der Waals surface area contributed by atoms with E-state index >= 15 is 0 Å². The van der Waals surface area contributed by atoms with E-state index in [0.717, 1.165) is 64.7 Å². The van der Waals surface area contributed by atoms with Gasteiger partial charge in [0.1, 0.15) is 0 Å². The van der Waals surface area contributed by atoms with E-state index in [-0.39, 0.29) is 44.4 Å². The van der Waals surface area contributed by atoms with E-state index in [9.17, 15) is 15.0 Å². The fourth-order valence-corrected chi connectivity index (χ4v) is 7.09. The van der Waals surface area contributed by atoms with Crippen LogP contribution in [0, 0.1) is 5.41 Å². The van der Waals surface area contributed by atoms with Crippen molar-refractivity contribution in [3.63, 3.8) is 0 Å². The molecule has 1 saturated carbocycles. The Morgan fingerprint density at radius 3 is 2.55 bits per heavy atom. The number of carbonyl (C=O) groups is 1. The van der Waals surface area contributed by atoms with E-state index in [1.54, 1.807) is 0 Å². The number of thioether (sulfide) groups is 1. The standard InChI is InChI=1S/C35H36ClNO3S.Pb/c1-34(2,40)30-9-4-3-7-25(30)13-17-32(41-23-35(18-19-35)22-33(38)39)27-8-5-6-24(20-27)10-15-29-16-12-26-11-14-28(36)21-31(26)37-29;/h3-12,14-16,20-21,32,40H,13,17-19,22-23H2,1-2H3,(H,38,39);/b15-10+;/t32-;/m1./s1. The predicted molar refractivity (Wildman–Crippen MR) is 177 cm³/mol. The first-order valence-electron chi connectivity index (χ1n) is 14.1. The Hall–Kier alpha value is -2.20. The number of fused-ring (bicyclic) bond motifs is 1. The maximum atomic E-state index is 11.5. The van der Waals surface area contributed by atoms with E-state index in [1.165, 1.54) is 5.56 Å². The largest absolute Gasteiger partial charge is 0.481 e. The van der Waals surface area contributed by atoms with Crippen LogP contribution in [0.1, 0.15) is 72.7 Å². The normalized spacial score (nSPS) is 15.0. The minimum absolute atomic E-state index is 0. The zero-order valence-electron chi connectivity index (χ0n) is 24.0. The molecule has 0 unspecified atom stereocenters. The van der Waals surface area contributed by atoms with Gasteiger partial charge >= 0.3 is 5.97 Å². The zero-order chi connectivity index (χ0) is 29.0. The number of aryl methyl sites for hydroxylation is 1. The molecule has 1 atom stereocenters. The summed E-state index contributed by atoms with van der Waals surface area (Å²) in [4.78, 5) is 16.2. The first kappa shape index (κ1) is 32.7. The number of aromatic nitrogens is 1. The average Bonchev–Trinajstić information content (AvgIpc) is 3.70. The molecule has 216 valence electrons. The Morgan fingerprint density at radius 2 is 1.81 bits per heavy atom. The van der Waals surface area contributed by atoms with E-state index in [4.69, 9.17) is 16.6 Å². The number of hydrogen-bond acceptors (Lipinski definition) is 4. The molecule has 1 aliphatic carbocycles. The first-order valence-corrected chi connectivity index (χ1v) is 15.5. The summed E-state index contributed by atoms with van der Waals surface area (Å²) in [6.45, 7) is 3.66. The van der Waals surface area contributed by atoms with Crippen LogP contribution >= 0.6 is 23.4 Å². The molecule has 1 aliphatic rings. The minimum Gasteiger partial charge on any atom is -0.481 e. The number of nitrogens with zero attached hydrogens (tertiary/aromatic N) is 1. The number of aliphatic hydroxyl groups is 1. The van der Waals surface area contributed by atoms with Gasteiger partial charge in [-0.2, -0.15) is 11.8 Å². The van der Waals surface area contributed by atoms with Crippen molar-refractivity contribution in [1.82, 2.24) is 4.98 Å². The molecule has 42 heavy (non-hydrogen) atoms. The van der Waals surface area contributed by atoms with Gasteiger partial charge in [0.2, 0.25) is 0 Å². The van der Waals surface area contributed by atoms with Gasteiger partial charge in [-0.15, -0.1) is 0 Å². The van der Waals surface area contributed by atoms with Crippen molar-refractivity contribution in [3.05, 3.63) is 112 Å². The van der Waals surface area contributed by atoms with E-state index in [2.05, 4.69) is 42.5 Å². The second-order valence-corrected chi connectivity index (χ2v) is 13.3. The average molecular weight is 793 g/mol. The van der Waals surface area contributed by atoms with Crippen LogP contribution in [0.15, 0.2) is 78.9 Å². The molecule has 4 radical (unpaired) electrons. The number of aliphatic carboxylic acids is 1. The Balaban J connectivity index is 0.00000405. The third-order valence-corrected chi connectivity index (χ3v) is 9.76.